The molecular weight excluding hydrogens is 266 g/mol. The molecule has 0 bridgehead atoms. The van der Waals surface area contributed by atoms with Crippen molar-refractivity contribution in [2.45, 2.75) is 32.3 Å². The Labute approximate surface area is 125 Å². The molecule has 1 amide bonds. The molecule has 1 aromatic rings. The number of β-amino-alcohol motifs (C(OH)–C–C–N with tert-alkyl or cyclic N) is 1. The van der Waals surface area contributed by atoms with Crippen molar-refractivity contribution in [3.63, 3.8) is 0 Å². The molecule has 1 aromatic heterocycles. The van der Waals surface area contributed by atoms with E-state index in [2.05, 4.69) is 16.0 Å². The molecule has 0 saturated carbocycles. The lowest BCUT2D eigenvalue weighted by Crippen LogP contribution is -2.42. The molecule has 5 heteroatoms. The molecule has 2 aliphatic rings. The first-order valence-corrected chi connectivity index (χ1v) is 7.78. The number of aliphatic hydroxyl groups excluding tert-OH is 1. The van der Waals surface area contributed by atoms with E-state index in [1.165, 1.54) is 0 Å². The average molecular weight is 289 g/mol. The van der Waals surface area contributed by atoms with Gasteiger partial charge in [0.25, 0.3) is 0 Å². The van der Waals surface area contributed by atoms with Gasteiger partial charge < -0.3 is 14.9 Å². The van der Waals surface area contributed by atoms with Crippen molar-refractivity contribution in [1.82, 2.24) is 9.88 Å². The van der Waals surface area contributed by atoms with Crippen LogP contribution in [0.25, 0.3) is 0 Å². The van der Waals surface area contributed by atoms with Crippen molar-refractivity contribution in [3.05, 3.63) is 23.9 Å². The summed E-state index contributed by atoms with van der Waals surface area (Å²) in [6.07, 6.45) is 4.03. The van der Waals surface area contributed by atoms with E-state index in [0.717, 1.165) is 43.7 Å². The third-order valence-electron chi connectivity index (χ3n) is 4.54. The van der Waals surface area contributed by atoms with Crippen molar-refractivity contribution < 1.29 is 9.90 Å². The van der Waals surface area contributed by atoms with E-state index in [-0.39, 0.29) is 17.9 Å². The average Bonchev–Trinajstić information content (AvgIpc) is 2.94. The van der Waals surface area contributed by atoms with Gasteiger partial charge in [0.15, 0.2) is 0 Å². The third-order valence-corrected chi connectivity index (χ3v) is 4.54. The molecule has 1 atom stereocenters. The van der Waals surface area contributed by atoms with Crippen LogP contribution in [0.3, 0.4) is 0 Å². The lowest BCUT2D eigenvalue weighted by Gasteiger charge is -2.33. The third kappa shape index (κ3) is 3.18. The molecule has 0 radical (unpaired) electrons. The van der Waals surface area contributed by atoms with Gasteiger partial charge in [-0.25, -0.2) is 4.98 Å². The summed E-state index contributed by atoms with van der Waals surface area (Å²) in [6.45, 7) is 5.01. The number of aryl methyl sites for hydroxylation is 1. The van der Waals surface area contributed by atoms with E-state index in [4.69, 9.17) is 0 Å². The molecule has 0 aliphatic carbocycles. The van der Waals surface area contributed by atoms with Gasteiger partial charge in [-0.2, -0.15) is 0 Å². The minimum absolute atomic E-state index is 0.108. The number of aliphatic hydroxyl groups is 1. The maximum Gasteiger partial charge on any atom is 0.225 e. The smallest absolute Gasteiger partial charge is 0.225 e. The number of carbonyl (C=O) groups is 1. The minimum Gasteiger partial charge on any atom is -0.391 e. The van der Waals surface area contributed by atoms with E-state index in [9.17, 15) is 9.90 Å². The fraction of sp³-hybridized carbons (Fsp3) is 0.625. The highest BCUT2D eigenvalue weighted by molar-refractivity contribution is 5.79. The normalized spacial score (nSPS) is 23.6. The van der Waals surface area contributed by atoms with Crippen molar-refractivity contribution in [1.29, 1.82) is 0 Å². The lowest BCUT2D eigenvalue weighted by atomic mass is 9.95. The van der Waals surface area contributed by atoms with Gasteiger partial charge in [-0.15, -0.1) is 0 Å². The van der Waals surface area contributed by atoms with Crippen molar-refractivity contribution in [2.75, 3.05) is 31.1 Å². The number of rotatable bonds is 2. The summed E-state index contributed by atoms with van der Waals surface area (Å²) in [5.41, 5.74) is 1.16. The SMILES string of the molecule is Cc1ccc(N2CCC(C(=O)N3CC[C@@H](O)C3)CC2)nc1. The molecular formula is C16H23N3O2. The number of carbonyl (C=O) groups excluding carboxylic acids is 1. The molecule has 2 fully saturated rings. The van der Waals surface area contributed by atoms with Crippen LogP contribution >= 0.6 is 0 Å². The highest BCUT2D eigenvalue weighted by Crippen LogP contribution is 2.24. The topological polar surface area (TPSA) is 56.7 Å². The largest absolute Gasteiger partial charge is 0.391 e. The summed E-state index contributed by atoms with van der Waals surface area (Å²) >= 11 is 0. The molecule has 3 rings (SSSR count). The Morgan fingerprint density at radius 1 is 1.24 bits per heavy atom. The predicted octanol–water partition coefficient (Wildman–Crippen LogP) is 1.20. The second-order valence-corrected chi connectivity index (χ2v) is 6.18. The summed E-state index contributed by atoms with van der Waals surface area (Å²) in [5.74, 6) is 1.34. The number of nitrogens with zero attached hydrogens (tertiary/aromatic N) is 3. The zero-order valence-corrected chi connectivity index (χ0v) is 12.5. The van der Waals surface area contributed by atoms with E-state index >= 15 is 0 Å². The van der Waals surface area contributed by atoms with E-state index in [0.29, 0.717) is 13.1 Å². The van der Waals surface area contributed by atoms with Gasteiger partial charge in [-0.1, -0.05) is 6.07 Å². The fourth-order valence-electron chi connectivity index (χ4n) is 3.20. The number of anilines is 1. The van der Waals surface area contributed by atoms with Gasteiger partial charge in [-0.3, -0.25) is 4.79 Å². The monoisotopic (exact) mass is 289 g/mol. The zero-order chi connectivity index (χ0) is 14.8. The Bertz CT molecular complexity index is 495. The molecule has 2 saturated heterocycles. The van der Waals surface area contributed by atoms with Crippen LogP contribution in [0.5, 0.6) is 0 Å². The Kier molecular flexibility index (Phi) is 4.10. The summed E-state index contributed by atoms with van der Waals surface area (Å²) in [7, 11) is 0. The number of hydrogen-bond acceptors (Lipinski definition) is 4. The first-order valence-electron chi connectivity index (χ1n) is 7.78. The number of aromatic nitrogens is 1. The van der Waals surface area contributed by atoms with E-state index in [1.807, 2.05) is 24.1 Å². The summed E-state index contributed by atoms with van der Waals surface area (Å²) < 4.78 is 0. The van der Waals surface area contributed by atoms with Crippen LogP contribution < -0.4 is 4.90 Å². The number of amides is 1. The maximum absolute atomic E-state index is 12.4. The van der Waals surface area contributed by atoms with E-state index in [1.54, 1.807) is 0 Å². The molecule has 0 unspecified atom stereocenters. The van der Waals surface area contributed by atoms with E-state index < -0.39 is 0 Å². The number of likely N-dealkylation sites (tertiary alicyclic amines) is 1. The van der Waals surface area contributed by atoms with Crippen LogP contribution in [0.15, 0.2) is 18.3 Å². The Morgan fingerprint density at radius 3 is 2.57 bits per heavy atom. The quantitative estimate of drug-likeness (QED) is 0.889. The van der Waals surface area contributed by atoms with Gasteiger partial charge in [0.1, 0.15) is 5.82 Å². The highest BCUT2D eigenvalue weighted by Gasteiger charge is 2.32. The summed E-state index contributed by atoms with van der Waals surface area (Å²) in [5, 5.41) is 9.55. The first-order chi connectivity index (χ1) is 10.1. The van der Waals surface area contributed by atoms with Gasteiger partial charge in [0.05, 0.1) is 6.10 Å². The molecule has 2 aliphatic heterocycles. The maximum atomic E-state index is 12.4. The zero-order valence-electron chi connectivity index (χ0n) is 12.5. The summed E-state index contributed by atoms with van der Waals surface area (Å²) in [4.78, 5) is 21.0. The van der Waals surface area contributed by atoms with Crippen LogP contribution in [-0.2, 0) is 4.79 Å². The standard InChI is InChI=1S/C16H23N3O2/c1-12-2-3-15(17-10-12)18-7-4-13(5-8-18)16(21)19-9-6-14(20)11-19/h2-3,10,13-14,20H,4-9,11H2,1H3/t14-/m1/s1. The number of pyridine rings is 1. The van der Waals surface area contributed by atoms with Crippen molar-refractivity contribution in [2.24, 2.45) is 5.92 Å². The van der Waals surface area contributed by atoms with Gasteiger partial charge in [0.2, 0.25) is 5.91 Å². The Balaban J connectivity index is 1.55. The van der Waals surface area contributed by atoms with Gasteiger partial charge in [0, 0.05) is 38.3 Å². The molecule has 3 heterocycles. The van der Waals surface area contributed by atoms with Crippen LogP contribution in [0.2, 0.25) is 0 Å². The van der Waals surface area contributed by atoms with Crippen LogP contribution in [0.1, 0.15) is 24.8 Å². The molecule has 5 nitrogen and oxygen atoms in total. The van der Waals surface area contributed by atoms with Gasteiger partial charge in [-0.05, 0) is 37.8 Å². The number of piperidine rings is 1. The molecule has 114 valence electrons. The molecule has 1 N–H and O–H groups in total. The Hall–Kier alpha value is -1.62. The fourth-order valence-corrected chi connectivity index (χ4v) is 3.20. The predicted molar refractivity (Wildman–Crippen MR) is 81.1 cm³/mol. The first kappa shape index (κ1) is 14.3. The lowest BCUT2D eigenvalue weighted by molar-refractivity contribution is -0.135. The van der Waals surface area contributed by atoms with Crippen LogP contribution in [-0.4, -0.2) is 53.2 Å². The highest BCUT2D eigenvalue weighted by atomic mass is 16.3. The number of hydrogen-bond donors (Lipinski definition) is 1. The molecule has 0 aromatic carbocycles. The van der Waals surface area contributed by atoms with Crippen LogP contribution in [0.4, 0.5) is 5.82 Å². The van der Waals surface area contributed by atoms with Gasteiger partial charge >= 0.3 is 0 Å². The van der Waals surface area contributed by atoms with Crippen molar-refractivity contribution >= 4 is 11.7 Å². The Morgan fingerprint density at radius 2 is 2.00 bits per heavy atom. The minimum atomic E-state index is -0.328. The van der Waals surface area contributed by atoms with Crippen molar-refractivity contribution in [3.8, 4) is 0 Å². The second kappa shape index (κ2) is 6.02. The van der Waals surface area contributed by atoms with Crippen LogP contribution in [0, 0.1) is 12.8 Å². The second-order valence-electron chi connectivity index (χ2n) is 6.18. The molecule has 21 heavy (non-hydrogen) atoms. The molecule has 0 spiro atoms. The summed E-state index contributed by atoms with van der Waals surface area (Å²) in [6, 6.07) is 4.12.